The van der Waals surface area contributed by atoms with Gasteiger partial charge >= 0.3 is 0 Å². The van der Waals surface area contributed by atoms with E-state index < -0.39 is 9.84 Å². The first kappa shape index (κ1) is 18.3. The van der Waals surface area contributed by atoms with Gasteiger partial charge in [-0.15, -0.1) is 0 Å². The first-order valence-corrected chi connectivity index (χ1v) is 9.36. The lowest BCUT2D eigenvalue weighted by Gasteiger charge is -2.12. The third kappa shape index (κ3) is 8.51. The Balaban J connectivity index is 2.34. The number of hydrogen-bond acceptors (Lipinski definition) is 4. The summed E-state index contributed by atoms with van der Waals surface area (Å²) in [4.78, 5) is 4.21. The summed E-state index contributed by atoms with van der Waals surface area (Å²) in [5, 5.41) is 6.17. The summed E-state index contributed by atoms with van der Waals surface area (Å²) < 4.78 is 27.8. The zero-order valence-corrected chi connectivity index (χ0v) is 14.2. The van der Waals surface area contributed by atoms with Crippen molar-refractivity contribution in [3.63, 3.8) is 0 Å². The molecule has 2 N–H and O–H groups in total. The summed E-state index contributed by atoms with van der Waals surface area (Å²) in [6, 6.07) is 7.86. The Morgan fingerprint density at radius 2 is 1.91 bits per heavy atom. The predicted molar refractivity (Wildman–Crippen MR) is 90.4 cm³/mol. The van der Waals surface area contributed by atoms with E-state index in [0.29, 0.717) is 25.7 Å². The van der Waals surface area contributed by atoms with Crippen LogP contribution in [0.2, 0.25) is 0 Å². The Hall–Kier alpha value is -1.76. The van der Waals surface area contributed by atoms with Crippen molar-refractivity contribution in [1.29, 1.82) is 0 Å². The number of aliphatic imine (C=N–C) groups is 1. The molecule has 6 nitrogen and oxygen atoms in total. The van der Waals surface area contributed by atoms with Crippen LogP contribution in [-0.4, -0.2) is 52.6 Å². The maximum Gasteiger partial charge on any atom is 0.191 e. The van der Waals surface area contributed by atoms with Crippen molar-refractivity contribution in [3.8, 4) is 5.75 Å². The molecule has 0 spiro atoms. The molecule has 1 rings (SSSR count). The van der Waals surface area contributed by atoms with E-state index in [4.69, 9.17) is 4.74 Å². The molecule has 0 atom stereocenters. The Bertz CT molecular complexity index is 568. The van der Waals surface area contributed by atoms with Gasteiger partial charge in [0.1, 0.15) is 22.2 Å². The molecule has 7 heteroatoms. The van der Waals surface area contributed by atoms with Gasteiger partial charge < -0.3 is 15.4 Å². The summed E-state index contributed by atoms with van der Waals surface area (Å²) in [7, 11) is -2.99. The molecule has 0 unspecified atom stereocenters. The Morgan fingerprint density at radius 1 is 1.23 bits per heavy atom. The molecule has 0 amide bonds. The summed E-state index contributed by atoms with van der Waals surface area (Å²) in [6.45, 7) is 6.02. The van der Waals surface area contributed by atoms with E-state index in [9.17, 15) is 8.42 Å². The van der Waals surface area contributed by atoms with Crippen LogP contribution in [-0.2, 0) is 9.84 Å². The molecule has 0 aromatic heterocycles. The van der Waals surface area contributed by atoms with E-state index in [1.54, 1.807) is 0 Å². The van der Waals surface area contributed by atoms with E-state index >= 15 is 0 Å². The van der Waals surface area contributed by atoms with Crippen LogP contribution in [0, 0.1) is 6.92 Å². The lowest BCUT2D eigenvalue weighted by Crippen LogP contribution is -2.39. The molecule has 1 aromatic rings. The highest BCUT2D eigenvalue weighted by molar-refractivity contribution is 7.90. The van der Waals surface area contributed by atoms with Crippen LogP contribution in [0.25, 0.3) is 0 Å². The van der Waals surface area contributed by atoms with Crippen molar-refractivity contribution in [2.24, 2.45) is 4.99 Å². The van der Waals surface area contributed by atoms with Gasteiger partial charge in [0.25, 0.3) is 0 Å². The third-order valence-electron chi connectivity index (χ3n) is 2.76. The standard InChI is InChI=1S/C15H25N3O3S/c1-4-16-15(18-10-12-22(3,19)20)17-9-11-21-14-7-5-13(2)6-8-14/h5-8H,4,9-12H2,1-3H3,(H2,16,17,18). The number of guanidine groups is 1. The van der Waals surface area contributed by atoms with Crippen LogP contribution >= 0.6 is 0 Å². The van der Waals surface area contributed by atoms with Crippen LogP contribution in [0.15, 0.2) is 29.3 Å². The molecule has 0 aliphatic rings. The van der Waals surface area contributed by atoms with Crippen LogP contribution in [0.5, 0.6) is 5.75 Å². The van der Waals surface area contributed by atoms with Gasteiger partial charge in [0, 0.05) is 12.8 Å². The van der Waals surface area contributed by atoms with Crippen molar-refractivity contribution < 1.29 is 13.2 Å². The molecular formula is C15H25N3O3S. The Kier molecular flexibility index (Phi) is 7.73. The van der Waals surface area contributed by atoms with Crippen molar-refractivity contribution in [2.45, 2.75) is 13.8 Å². The fraction of sp³-hybridized carbons (Fsp3) is 0.533. The summed E-state index contributed by atoms with van der Waals surface area (Å²) >= 11 is 0. The molecule has 0 saturated heterocycles. The molecular weight excluding hydrogens is 302 g/mol. The number of rotatable bonds is 8. The van der Waals surface area contributed by atoms with Crippen LogP contribution in [0.4, 0.5) is 0 Å². The first-order chi connectivity index (χ1) is 10.4. The summed E-state index contributed by atoms with van der Waals surface area (Å²) in [5.41, 5.74) is 1.19. The number of ether oxygens (including phenoxy) is 1. The minimum absolute atomic E-state index is 0.0451. The molecule has 0 bridgehead atoms. The molecule has 124 valence electrons. The van der Waals surface area contributed by atoms with Crippen LogP contribution in [0.1, 0.15) is 12.5 Å². The molecule has 0 heterocycles. The minimum atomic E-state index is -2.99. The lowest BCUT2D eigenvalue weighted by molar-refractivity contribution is 0.322. The number of aryl methyl sites for hydroxylation is 1. The largest absolute Gasteiger partial charge is 0.492 e. The maximum atomic E-state index is 11.1. The molecule has 22 heavy (non-hydrogen) atoms. The highest BCUT2D eigenvalue weighted by atomic mass is 32.2. The number of nitrogens with one attached hydrogen (secondary N) is 2. The third-order valence-corrected chi connectivity index (χ3v) is 3.68. The van der Waals surface area contributed by atoms with Gasteiger partial charge in [0.05, 0.1) is 18.8 Å². The van der Waals surface area contributed by atoms with Gasteiger partial charge in [0.2, 0.25) is 0 Å². The second-order valence-electron chi connectivity index (χ2n) is 4.98. The van der Waals surface area contributed by atoms with Crippen molar-refractivity contribution in [1.82, 2.24) is 10.6 Å². The fourth-order valence-electron chi connectivity index (χ4n) is 1.64. The van der Waals surface area contributed by atoms with Crippen molar-refractivity contribution in [2.75, 3.05) is 38.2 Å². The molecule has 0 aliphatic heterocycles. The maximum absolute atomic E-state index is 11.1. The number of nitrogens with zero attached hydrogens (tertiary/aromatic N) is 1. The second-order valence-corrected chi connectivity index (χ2v) is 7.24. The molecule has 0 fully saturated rings. The lowest BCUT2D eigenvalue weighted by atomic mass is 10.2. The van der Waals surface area contributed by atoms with Crippen LogP contribution in [0.3, 0.4) is 0 Å². The Morgan fingerprint density at radius 3 is 2.50 bits per heavy atom. The monoisotopic (exact) mass is 327 g/mol. The van der Waals surface area contributed by atoms with E-state index in [1.165, 1.54) is 11.8 Å². The second kappa shape index (κ2) is 9.30. The highest BCUT2D eigenvalue weighted by Crippen LogP contribution is 2.10. The molecule has 1 aromatic carbocycles. The van der Waals surface area contributed by atoms with E-state index in [2.05, 4.69) is 15.6 Å². The SMILES string of the molecule is CCNC(=NCCS(C)(=O)=O)NCCOc1ccc(C)cc1. The topological polar surface area (TPSA) is 79.8 Å². The average molecular weight is 327 g/mol. The van der Waals surface area contributed by atoms with Gasteiger partial charge in [0.15, 0.2) is 5.96 Å². The normalized spacial score (nSPS) is 12.0. The smallest absolute Gasteiger partial charge is 0.191 e. The zero-order valence-electron chi connectivity index (χ0n) is 13.4. The van der Waals surface area contributed by atoms with Gasteiger partial charge in [-0.05, 0) is 26.0 Å². The Labute approximate surface area is 132 Å². The van der Waals surface area contributed by atoms with E-state index in [-0.39, 0.29) is 12.3 Å². The van der Waals surface area contributed by atoms with E-state index in [1.807, 2.05) is 38.1 Å². The van der Waals surface area contributed by atoms with Crippen LogP contribution < -0.4 is 15.4 Å². The molecule has 0 aliphatic carbocycles. The quantitative estimate of drug-likeness (QED) is 0.423. The number of hydrogen-bond donors (Lipinski definition) is 2. The highest BCUT2D eigenvalue weighted by Gasteiger charge is 2.02. The van der Waals surface area contributed by atoms with Gasteiger partial charge in [-0.2, -0.15) is 0 Å². The average Bonchev–Trinajstić information content (AvgIpc) is 2.44. The van der Waals surface area contributed by atoms with Gasteiger partial charge in [-0.25, -0.2) is 8.42 Å². The van der Waals surface area contributed by atoms with Gasteiger partial charge in [-0.3, -0.25) is 4.99 Å². The predicted octanol–water partition coefficient (Wildman–Crippen LogP) is 0.974. The van der Waals surface area contributed by atoms with Crippen molar-refractivity contribution in [3.05, 3.63) is 29.8 Å². The summed E-state index contributed by atoms with van der Waals surface area (Å²) in [5.74, 6) is 1.47. The number of sulfone groups is 1. The van der Waals surface area contributed by atoms with E-state index in [0.717, 1.165) is 5.75 Å². The fourth-order valence-corrected chi connectivity index (χ4v) is 2.06. The molecule has 0 radical (unpaired) electrons. The van der Waals surface area contributed by atoms with Gasteiger partial charge in [-0.1, -0.05) is 17.7 Å². The molecule has 0 saturated carbocycles. The number of benzene rings is 1. The zero-order chi connectivity index (χ0) is 16.4. The summed E-state index contributed by atoms with van der Waals surface area (Å²) in [6.07, 6.45) is 1.21. The minimum Gasteiger partial charge on any atom is -0.492 e. The first-order valence-electron chi connectivity index (χ1n) is 7.30. The van der Waals surface area contributed by atoms with Crippen molar-refractivity contribution >= 4 is 15.8 Å².